The van der Waals surface area contributed by atoms with Crippen LogP contribution in [0, 0.1) is 0 Å². The van der Waals surface area contributed by atoms with Gasteiger partial charge in [0.05, 0.1) is 17.5 Å². The number of hydrogen-bond acceptors (Lipinski definition) is 4. The minimum Gasteiger partial charge on any atom is -0.334 e. The average molecular weight is 348 g/mol. The number of carbonyl (C=O) groups is 1. The van der Waals surface area contributed by atoms with Gasteiger partial charge in [-0.1, -0.05) is 6.07 Å². The van der Waals surface area contributed by atoms with Crippen LogP contribution in [0.3, 0.4) is 0 Å². The van der Waals surface area contributed by atoms with Crippen molar-refractivity contribution in [1.29, 1.82) is 0 Å². The van der Waals surface area contributed by atoms with Crippen LogP contribution in [-0.4, -0.2) is 48.6 Å². The van der Waals surface area contributed by atoms with Crippen LogP contribution in [0.1, 0.15) is 23.2 Å². The molecule has 7 nitrogen and oxygen atoms in total. The normalized spacial score (nSPS) is 18.0. The predicted octanol–water partition coefficient (Wildman–Crippen LogP) is 1.10. The summed E-state index contributed by atoms with van der Waals surface area (Å²) in [5.74, 6) is -0.141. The van der Waals surface area contributed by atoms with Gasteiger partial charge in [-0.25, -0.2) is 13.1 Å². The maximum atomic E-state index is 12.8. The molecule has 1 unspecified atom stereocenters. The lowest BCUT2D eigenvalue weighted by Gasteiger charge is -2.25. The molecular weight excluding hydrogens is 328 g/mol. The quantitative estimate of drug-likeness (QED) is 0.877. The van der Waals surface area contributed by atoms with Crippen molar-refractivity contribution in [2.24, 2.45) is 0 Å². The number of nitrogens with one attached hydrogen (secondary N) is 1. The topological polar surface area (TPSA) is 84.3 Å². The van der Waals surface area contributed by atoms with Crippen molar-refractivity contribution < 1.29 is 13.2 Å². The maximum Gasteiger partial charge on any atom is 0.254 e. The van der Waals surface area contributed by atoms with Gasteiger partial charge in [-0.05, 0) is 44.2 Å². The first-order chi connectivity index (χ1) is 11.5. The zero-order valence-corrected chi connectivity index (χ0v) is 14.2. The lowest BCUT2D eigenvalue weighted by Crippen LogP contribution is -2.38. The third kappa shape index (κ3) is 3.34. The summed E-state index contributed by atoms with van der Waals surface area (Å²) >= 11 is 0. The van der Waals surface area contributed by atoms with Crippen LogP contribution in [0.4, 0.5) is 0 Å². The van der Waals surface area contributed by atoms with E-state index in [4.69, 9.17) is 0 Å². The number of aromatic nitrogens is 2. The van der Waals surface area contributed by atoms with Crippen LogP contribution < -0.4 is 4.72 Å². The number of amides is 1. The van der Waals surface area contributed by atoms with Crippen molar-refractivity contribution >= 4 is 15.9 Å². The molecule has 0 spiro atoms. The number of carbonyl (C=O) groups excluding carboxylic acids is 1. The summed E-state index contributed by atoms with van der Waals surface area (Å²) in [5, 5.41) is 4.19. The standard InChI is InChI=1S/C16H20N4O3S/c1-17-24(22,23)15-7-2-5-13(11-15)16(21)20-10-3-6-14(20)12-19-9-4-8-18-19/h2,4-5,7-9,11,14,17H,3,6,10,12H2,1H3. The summed E-state index contributed by atoms with van der Waals surface area (Å²) in [5.41, 5.74) is 0.388. The molecule has 1 amide bonds. The summed E-state index contributed by atoms with van der Waals surface area (Å²) in [4.78, 5) is 14.7. The van der Waals surface area contributed by atoms with E-state index < -0.39 is 10.0 Å². The minimum atomic E-state index is -3.57. The molecule has 1 fully saturated rings. The highest BCUT2D eigenvalue weighted by atomic mass is 32.2. The second-order valence-corrected chi connectivity index (χ2v) is 7.64. The number of benzene rings is 1. The Labute approximate surface area is 141 Å². The Bertz CT molecular complexity index is 818. The van der Waals surface area contributed by atoms with Crippen LogP contribution >= 0.6 is 0 Å². The Morgan fingerprint density at radius 3 is 2.92 bits per heavy atom. The lowest BCUT2D eigenvalue weighted by atomic mass is 10.1. The maximum absolute atomic E-state index is 12.8. The van der Waals surface area contributed by atoms with Crippen LogP contribution in [0.15, 0.2) is 47.6 Å². The third-order valence-corrected chi connectivity index (χ3v) is 5.67. The molecule has 1 aromatic heterocycles. The van der Waals surface area contributed by atoms with E-state index in [0.717, 1.165) is 12.8 Å². The molecule has 0 aliphatic carbocycles. The predicted molar refractivity (Wildman–Crippen MR) is 89.0 cm³/mol. The molecule has 128 valence electrons. The Morgan fingerprint density at radius 2 is 2.21 bits per heavy atom. The number of hydrogen-bond donors (Lipinski definition) is 1. The van der Waals surface area contributed by atoms with E-state index in [1.165, 1.54) is 19.2 Å². The Morgan fingerprint density at radius 1 is 1.38 bits per heavy atom. The molecule has 2 heterocycles. The van der Waals surface area contributed by atoms with Crippen molar-refractivity contribution in [3.05, 3.63) is 48.3 Å². The van der Waals surface area contributed by atoms with E-state index in [2.05, 4.69) is 9.82 Å². The molecule has 3 rings (SSSR count). The van der Waals surface area contributed by atoms with Gasteiger partial charge in [-0.2, -0.15) is 5.10 Å². The fourth-order valence-electron chi connectivity index (χ4n) is 3.00. The van der Waals surface area contributed by atoms with E-state index in [1.807, 2.05) is 21.8 Å². The molecule has 1 aliphatic rings. The molecular formula is C16H20N4O3S. The van der Waals surface area contributed by atoms with E-state index in [0.29, 0.717) is 18.7 Å². The van der Waals surface area contributed by atoms with Crippen LogP contribution in [-0.2, 0) is 16.6 Å². The molecule has 1 atom stereocenters. The van der Waals surface area contributed by atoms with Gasteiger partial charge in [0, 0.05) is 24.5 Å². The van der Waals surface area contributed by atoms with Gasteiger partial charge < -0.3 is 4.90 Å². The van der Waals surface area contributed by atoms with Gasteiger partial charge in [0.25, 0.3) is 5.91 Å². The van der Waals surface area contributed by atoms with Gasteiger partial charge in [0.15, 0.2) is 0 Å². The molecule has 1 aromatic carbocycles. The molecule has 0 bridgehead atoms. The first-order valence-corrected chi connectivity index (χ1v) is 9.31. The van der Waals surface area contributed by atoms with Crippen molar-refractivity contribution in [1.82, 2.24) is 19.4 Å². The average Bonchev–Trinajstić information content (AvgIpc) is 3.26. The Hall–Kier alpha value is -2.19. The van der Waals surface area contributed by atoms with Crippen molar-refractivity contribution in [3.63, 3.8) is 0 Å². The first kappa shape index (κ1) is 16.7. The van der Waals surface area contributed by atoms with Crippen LogP contribution in [0.5, 0.6) is 0 Å². The molecule has 0 saturated carbocycles. The van der Waals surface area contributed by atoms with E-state index in [9.17, 15) is 13.2 Å². The SMILES string of the molecule is CNS(=O)(=O)c1cccc(C(=O)N2CCCC2Cn2cccn2)c1. The van der Waals surface area contributed by atoms with Crippen molar-refractivity contribution in [2.45, 2.75) is 30.3 Å². The molecule has 1 aliphatic heterocycles. The minimum absolute atomic E-state index is 0.0713. The Kier molecular flexibility index (Phi) is 4.68. The molecule has 1 saturated heterocycles. The summed E-state index contributed by atoms with van der Waals surface area (Å²) in [7, 11) is -2.22. The summed E-state index contributed by atoms with van der Waals surface area (Å²) in [6, 6.07) is 8.08. The van der Waals surface area contributed by atoms with Gasteiger partial charge in [-0.15, -0.1) is 0 Å². The van der Waals surface area contributed by atoms with Gasteiger partial charge in [0.2, 0.25) is 10.0 Å². The summed E-state index contributed by atoms with van der Waals surface area (Å²) < 4.78 is 27.9. The highest BCUT2D eigenvalue weighted by Crippen LogP contribution is 2.22. The number of sulfonamides is 1. The van der Waals surface area contributed by atoms with E-state index in [1.54, 1.807) is 18.3 Å². The van der Waals surface area contributed by atoms with Crippen LogP contribution in [0.25, 0.3) is 0 Å². The monoisotopic (exact) mass is 348 g/mol. The van der Waals surface area contributed by atoms with Crippen molar-refractivity contribution in [2.75, 3.05) is 13.6 Å². The van der Waals surface area contributed by atoms with Gasteiger partial charge in [-0.3, -0.25) is 9.48 Å². The molecule has 2 aromatic rings. The molecule has 1 N–H and O–H groups in total. The third-order valence-electron chi connectivity index (χ3n) is 4.26. The van der Waals surface area contributed by atoms with E-state index in [-0.39, 0.29) is 16.8 Å². The molecule has 8 heteroatoms. The second-order valence-electron chi connectivity index (χ2n) is 5.76. The fraction of sp³-hybridized carbons (Fsp3) is 0.375. The molecule has 24 heavy (non-hydrogen) atoms. The second kappa shape index (κ2) is 6.74. The smallest absolute Gasteiger partial charge is 0.254 e. The highest BCUT2D eigenvalue weighted by Gasteiger charge is 2.30. The van der Waals surface area contributed by atoms with E-state index >= 15 is 0 Å². The zero-order valence-electron chi connectivity index (χ0n) is 13.4. The number of nitrogens with zero attached hydrogens (tertiary/aromatic N) is 3. The first-order valence-electron chi connectivity index (χ1n) is 7.83. The molecule has 0 radical (unpaired) electrons. The number of rotatable bonds is 5. The lowest BCUT2D eigenvalue weighted by molar-refractivity contribution is 0.0721. The largest absolute Gasteiger partial charge is 0.334 e. The number of likely N-dealkylation sites (tertiary alicyclic amines) is 1. The fourth-order valence-corrected chi connectivity index (χ4v) is 3.77. The van der Waals surface area contributed by atoms with Gasteiger partial charge >= 0.3 is 0 Å². The van der Waals surface area contributed by atoms with Crippen molar-refractivity contribution in [3.8, 4) is 0 Å². The van der Waals surface area contributed by atoms with Gasteiger partial charge in [0.1, 0.15) is 0 Å². The van der Waals surface area contributed by atoms with Crippen LogP contribution in [0.2, 0.25) is 0 Å². The Balaban J connectivity index is 1.82. The summed E-state index contributed by atoms with van der Waals surface area (Å²) in [6.45, 7) is 1.32. The zero-order chi connectivity index (χ0) is 17.2. The highest BCUT2D eigenvalue weighted by molar-refractivity contribution is 7.89. The summed E-state index contributed by atoms with van der Waals surface area (Å²) in [6.07, 6.45) is 5.45.